The molecule has 7 nitrogen and oxygen atoms in total. The van der Waals surface area contributed by atoms with Crippen molar-refractivity contribution in [3.8, 4) is 5.75 Å². The van der Waals surface area contributed by atoms with Crippen LogP contribution in [0.15, 0.2) is 51.8 Å². The molecule has 2 aromatic carbocycles. The van der Waals surface area contributed by atoms with E-state index >= 15 is 0 Å². The van der Waals surface area contributed by atoms with Gasteiger partial charge in [-0.2, -0.15) is 4.31 Å². The number of hydrogen-bond donors (Lipinski definition) is 2. The molecule has 0 saturated heterocycles. The Morgan fingerprint density at radius 1 is 1.14 bits per heavy atom. The second kappa shape index (κ2) is 7.83. The largest absolute Gasteiger partial charge is 0.506 e. The van der Waals surface area contributed by atoms with Gasteiger partial charge >= 0.3 is 0 Å². The minimum Gasteiger partial charge on any atom is -0.506 e. The first-order valence-electron chi connectivity index (χ1n) is 8.60. The van der Waals surface area contributed by atoms with Gasteiger partial charge in [0.05, 0.1) is 10.6 Å². The molecule has 0 aliphatic carbocycles. The smallest absolute Gasteiger partial charge is 0.291 e. The van der Waals surface area contributed by atoms with E-state index in [1.54, 1.807) is 32.0 Å². The SMILES string of the molecule is CCN(CC)S(=O)(=O)c1ccc(O)c(NC(=O)c2cc3cc(Cl)ccc3o2)c1. The summed E-state index contributed by atoms with van der Waals surface area (Å²) in [4.78, 5) is 12.5. The van der Waals surface area contributed by atoms with Crippen molar-refractivity contribution >= 4 is 44.2 Å². The van der Waals surface area contributed by atoms with Gasteiger partial charge in [-0.3, -0.25) is 4.79 Å². The minimum atomic E-state index is -3.73. The van der Waals surface area contributed by atoms with Gasteiger partial charge in [-0.1, -0.05) is 25.4 Å². The van der Waals surface area contributed by atoms with Crippen LogP contribution in [0.1, 0.15) is 24.4 Å². The topological polar surface area (TPSA) is 99.9 Å². The molecule has 0 unspecified atom stereocenters. The molecule has 1 amide bonds. The van der Waals surface area contributed by atoms with Crippen molar-refractivity contribution in [2.45, 2.75) is 18.7 Å². The van der Waals surface area contributed by atoms with Crippen molar-refractivity contribution < 1.29 is 22.7 Å². The van der Waals surface area contributed by atoms with Crippen molar-refractivity contribution in [1.29, 1.82) is 0 Å². The molecule has 0 saturated carbocycles. The predicted molar refractivity (Wildman–Crippen MR) is 107 cm³/mol. The number of sulfonamides is 1. The lowest BCUT2D eigenvalue weighted by atomic mass is 10.2. The van der Waals surface area contributed by atoms with Gasteiger partial charge < -0.3 is 14.8 Å². The highest BCUT2D eigenvalue weighted by molar-refractivity contribution is 7.89. The third-order valence-corrected chi connectivity index (χ3v) is 6.54. The van der Waals surface area contributed by atoms with E-state index in [4.69, 9.17) is 16.0 Å². The number of hydrogen-bond acceptors (Lipinski definition) is 5. The van der Waals surface area contributed by atoms with Crippen LogP contribution in [0.3, 0.4) is 0 Å². The molecule has 148 valence electrons. The van der Waals surface area contributed by atoms with Crippen molar-refractivity contribution in [2.24, 2.45) is 0 Å². The second-order valence-electron chi connectivity index (χ2n) is 6.02. The summed E-state index contributed by atoms with van der Waals surface area (Å²) in [6.07, 6.45) is 0. The standard InChI is InChI=1S/C19H19ClN2O5S/c1-3-22(4-2)28(25,26)14-6-7-16(23)15(11-14)21-19(24)18-10-12-9-13(20)5-8-17(12)27-18/h5-11,23H,3-4H2,1-2H3,(H,21,24). The Hall–Kier alpha value is -2.55. The number of anilines is 1. The van der Waals surface area contributed by atoms with Gasteiger partial charge in [0.2, 0.25) is 10.0 Å². The minimum absolute atomic E-state index is 0.00803. The zero-order chi connectivity index (χ0) is 20.5. The van der Waals surface area contributed by atoms with E-state index in [0.29, 0.717) is 29.1 Å². The van der Waals surface area contributed by atoms with Gasteiger partial charge in [0.25, 0.3) is 5.91 Å². The number of halogens is 1. The number of carbonyl (C=O) groups excluding carboxylic acids is 1. The zero-order valence-corrected chi connectivity index (χ0v) is 16.8. The monoisotopic (exact) mass is 422 g/mol. The number of nitrogens with one attached hydrogen (secondary N) is 1. The molecule has 1 aromatic heterocycles. The Kier molecular flexibility index (Phi) is 5.64. The third kappa shape index (κ3) is 3.84. The fraction of sp³-hybridized carbons (Fsp3) is 0.211. The zero-order valence-electron chi connectivity index (χ0n) is 15.3. The van der Waals surface area contributed by atoms with E-state index < -0.39 is 15.9 Å². The van der Waals surface area contributed by atoms with E-state index in [-0.39, 0.29) is 22.1 Å². The average Bonchev–Trinajstić information content (AvgIpc) is 3.07. The molecule has 0 fully saturated rings. The highest BCUT2D eigenvalue weighted by atomic mass is 35.5. The van der Waals surface area contributed by atoms with Crippen molar-refractivity contribution in [2.75, 3.05) is 18.4 Å². The second-order valence-corrected chi connectivity index (χ2v) is 8.39. The predicted octanol–water partition coefficient (Wildman–Crippen LogP) is 4.07. The van der Waals surface area contributed by atoms with Crippen LogP contribution in [0.4, 0.5) is 5.69 Å². The van der Waals surface area contributed by atoms with E-state index in [1.165, 1.54) is 28.6 Å². The number of benzene rings is 2. The number of phenols is 1. The summed E-state index contributed by atoms with van der Waals surface area (Å²) in [6.45, 7) is 4.09. The maximum Gasteiger partial charge on any atom is 0.291 e. The summed E-state index contributed by atoms with van der Waals surface area (Å²) >= 11 is 5.93. The number of aromatic hydroxyl groups is 1. The summed E-state index contributed by atoms with van der Waals surface area (Å²) in [6, 6.07) is 10.2. The molecule has 28 heavy (non-hydrogen) atoms. The molecule has 0 aliphatic heterocycles. The van der Waals surface area contributed by atoms with Gasteiger partial charge in [0.15, 0.2) is 5.76 Å². The number of carbonyl (C=O) groups is 1. The van der Waals surface area contributed by atoms with Gasteiger partial charge in [-0.05, 0) is 42.5 Å². The molecule has 3 aromatic rings. The molecule has 3 rings (SSSR count). The Morgan fingerprint density at radius 3 is 2.54 bits per heavy atom. The van der Waals surface area contributed by atoms with Crippen LogP contribution < -0.4 is 5.32 Å². The van der Waals surface area contributed by atoms with E-state index in [9.17, 15) is 18.3 Å². The maximum absolute atomic E-state index is 12.7. The van der Waals surface area contributed by atoms with Crippen LogP contribution in [0.2, 0.25) is 5.02 Å². The summed E-state index contributed by atoms with van der Waals surface area (Å²) in [5, 5.41) is 13.7. The molecule has 0 bridgehead atoms. The Morgan fingerprint density at radius 2 is 1.86 bits per heavy atom. The van der Waals surface area contributed by atoms with Crippen LogP contribution in [0, 0.1) is 0 Å². The first kappa shape index (κ1) is 20.2. The average molecular weight is 423 g/mol. The summed E-state index contributed by atoms with van der Waals surface area (Å²) in [5.74, 6) is -0.875. The van der Waals surface area contributed by atoms with E-state index in [0.717, 1.165) is 0 Å². The third-order valence-electron chi connectivity index (χ3n) is 4.26. The number of rotatable bonds is 6. The van der Waals surface area contributed by atoms with Crippen LogP contribution >= 0.6 is 11.6 Å². The van der Waals surface area contributed by atoms with Crippen LogP contribution in [0.5, 0.6) is 5.75 Å². The lowest BCUT2D eigenvalue weighted by molar-refractivity contribution is 0.0998. The number of fused-ring (bicyclic) bond motifs is 1. The molecule has 0 atom stereocenters. The quantitative estimate of drug-likeness (QED) is 0.583. The molecule has 2 N–H and O–H groups in total. The number of nitrogens with zero attached hydrogens (tertiary/aromatic N) is 1. The first-order valence-corrected chi connectivity index (χ1v) is 10.4. The Labute approximate surface area is 167 Å². The summed E-state index contributed by atoms with van der Waals surface area (Å²) in [7, 11) is -3.73. The molecular weight excluding hydrogens is 404 g/mol. The van der Waals surface area contributed by atoms with Crippen LogP contribution in [-0.2, 0) is 10.0 Å². The first-order chi connectivity index (χ1) is 13.3. The van der Waals surface area contributed by atoms with E-state index in [1.807, 2.05) is 0 Å². The van der Waals surface area contributed by atoms with E-state index in [2.05, 4.69) is 5.32 Å². The van der Waals surface area contributed by atoms with Gasteiger partial charge in [0.1, 0.15) is 11.3 Å². The van der Waals surface area contributed by atoms with Gasteiger partial charge in [0, 0.05) is 23.5 Å². The number of furan rings is 1. The highest BCUT2D eigenvalue weighted by Gasteiger charge is 2.23. The summed E-state index contributed by atoms with van der Waals surface area (Å²) in [5.41, 5.74) is 0.452. The normalized spacial score (nSPS) is 11.9. The maximum atomic E-state index is 12.7. The lowest BCUT2D eigenvalue weighted by Crippen LogP contribution is -2.30. The molecule has 1 heterocycles. The lowest BCUT2D eigenvalue weighted by Gasteiger charge is -2.19. The fourth-order valence-electron chi connectivity index (χ4n) is 2.80. The molecule has 0 aliphatic rings. The Balaban J connectivity index is 1.92. The van der Waals surface area contributed by atoms with Crippen molar-refractivity contribution in [3.63, 3.8) is 0 Å². The Bertz CT molecular complexity index is 1140. The van der Waals surface area contributed by atoms with Crippen LogP contribution in [0.25, 0.3) is 11.0 Å². The molecule has 0 radical (unpaired) electrons. The molecular formula is C19H19ClN2O5S. The number of amides is 1. The fourth-order valence-corrected chi connectivity index (χ4v) is 4.46. The molecule has 0 spiro atoms. The number of phenolic OH excluding ortho intramolecular Hbond substituents is 1. The summed E-state index contributed by atoms with van der Waals surface area (Å²) < 4.78 is 32.1. The van der Waals surface area contributed by atoms with Crippen molar-refractivity contribution in [1.82, 2.24) is 4.31 Å². The van der Waals surface area contributed by atoms with Gasteiger partial charge in [-0.15, -0.1) is 0 Å². The molecule has 9 heteroatoms. The van der Waals surface area contributed by atoms with Gasteiger partial charge in [-0.25, -0.2) is 8.42 Å². The highest BCUT2D eigenvalue weighted by Crippen LogP contribution is 2.29. The van der Waals surface area contributed by atoms with Crippen LogP contribution in [-0.4, -0.2) is 36.8 Å². The van der Waals surface area contributed by atoms with Crippen molar-refractivity contribution in [3.05, 3.63) is 53.2 Å².